The molecule has 2 aromatic rings. The predicted molar refractivity (Wildman–Crippen MR) is 71.4 cm³/mol. The fourth-order valence-electron chi connectivity index (χ4n) is 1.50. The second kappa shape index (κ2) is 5.77. The Balaban J connectivity index is 2.14. The molecule has 2 rings (SSSR count). The highest BCUT2D eigenvalue weighted by Gasteiger charge is 2.03. The van der Waals surface area contributed by atoms with Gasteiger partial charge in [-0.2, -0.15) is 0 Å². The normalized spacial score (nSPS) is 10.5. The summed E-state index contributed by atoms with van der Waals surface area (Å²) in [6, 6.07) is 16.4. The van der Waals surface area contributed by atoms with Gasteiger partial charge >= 0.3 is 0 Å². The van der Waals surface area contributed by atoms with Gasteiger partial charge in [-0.3, -0.25) is 4.79 Å². The number of hydrogen-bond donors (Lipinski definition) is 0. The van der Waals surface area contributed by atoms with E-state index < -0.39 is 0 Å². The molecule has 0 aliphatic carbocycles. The first-order valence-corrected chi connectivity index (χ1v) is 5.57. The van der Waals surface area contributed by atoms with Gasteiger partial charge in [-0.1, -0.05) is 36.4 Å². The van der Waals surface area contributed by atoms with Crippen molar-refractivity contribution in [1.29, 1.82) is 0 Å². The highest BCUT2D eigenvalue weighted by molar-refractivity contribution is 6.01. The third kappa shape index (κ3) is 3.04. The SMILES string of the molecule is COc1cccc(C(=O)N=Cc2ccccc2)c1. The smallest absolute Gasteiger partial charge is 0.277 e. The van der Waals surface area contributed by atoms with Crippen molar-refractivity contribution in [3.63, 3.8) is 0 Å². The van der Waals surface area contributed by atoms with Crippen molar-refractivity contribution in [3.05, 3.63) is 65.7 Å². The molecule has 0 radical (unpaired) electrons. The number of methoxy groups -OCH3 is 1. The van der Waals surface area contributed by atoms with Gasteiger partial charge in [0.15, 0.2) is 0 Å². The number of carbonyl (C=O) groups is 1. The number of rotatable bonds is 3. The van der Waals surface area contributed by atoms with Crippen molar-refractivity contribution < 1.29 is 9.53 Å². The van der Waals surface area contributed by atoms with Crippen LogP contribution in [0.5, 0.6) is 5.75 Å². The minimum Gasteiger partial charge on any atom is -0.497 e. The van der Waals surface area contributed by atoms with E-state index in [1.165, 1.54) is 0 Å². The lowest BCUT2D eigenvalue weighted by molar-refractivity contribution is 0.100. The van der Waals surface area contributed by atoms with Gasteiger partial charge in [-0.05, 0) is 23.8 Å². The van der Waals surface area contributed by atoms with Crippen LogP contribution in [0.2, 0.25) is 0 Å². The Hall–Kier alpha value is -2.42. The molecular weight excluding hydrogens is 226 g/mol. The third-order valence-corrected chi connectivity index (χ3v) is 2.45. The van der Waals surface area contributed by atoms with Crippen molar-refractivity contribution in [3.8, 4) is 5.75 Å². The summed E-state index contributed by atoms with van der Waals surface area (Å²) >= 11 is 0. The summed E-state index contributed by atoms with van der Waals surface area (Å²) in [5.41, 5.74) is 1.41. The summed E-state index contributed by atoms with van der Waals surface area (Å²) in [5.74, 6) is 0.369. The highest BCUT2D eigenvalue weighted by atomic mass is 16.5. The Morgan fingerprint density at radius 1 is 1.11 bits per heavy atom. The molecule has 18 heavy (non-hydrogen) atoms. The Kier molecular flexibility index (Phi) is 3.86. The van der Waals surface area contributed by atoms with Gasteiger partial charge < -0.3 is 4.74 Å². The summed E-state index contributed by atoms with van der Waals surface area (Å²) in [4.78, 5) is 15.8. The van der Waals surface area contributed by atoms with E-state index in [2.05, 4.69) is 4.99 Å². The number of ether oxygens (including phenoxy) is 1. The molecule has 0 atom stereocenters. The molecule has 0 unspecified atom stereocenters. The molecule has 0 fully saturated rings. The summed E-state index contributed by atoms with van der Waals surface area (Å²) < 4.78 is 5.06. The maximum atomic E-state index is 11.8. The quantitative estimate of drug-likeness (QED) is 0.772. The van der Waals surface area contributed by atoms with Gasteiger partial charge in [0.1, 0.15) is 5.75 Å². The highest BCUT2D eigenvalue weighted by Crippen LogP contribution is 2.13. The minimum absolute atomic E-state index is 0.280. The fourth-order valence-corrected chi connectivity index (χ4v) is 1.50. The van der Waals surface area contributed by atoms with Gasteiger partial charge in [0.05, 0.1) is 7.11 Å². The molecule has 0 N–H and O–H groups in total. The van der Waals surface area contributed by atoms with E-state index in [9.17, 15) is 4.79 Å². The van der Waals surface area contributed by atoms with Crippen LogP contribution in [0.4, 0.5) is 0 Å². The summed E-state index contributed by atoms with van der Waals surface area (Å²) in [6.07, 6.45) is 1.56. The maximum Gasteiger partial charge on any atom is 0.277 e. The van der Waals surface area contributed by atoms with Crippen molar-refractivity contribution in [2.45, 2.75) is 0 Å². The van der Waals surface area contributed by atoms with Gasteiger partial charge in [0.25, 0.3) is 5.91 Å². The van der Waals surface area contributed by atoms with Gasteiger partial charge in [-0.15, -0.1) is 0 Å². The first kappa shape index (κ1) is 12.0. The zero-order chi connectivity index (χ0) is 12.8. The largest absolute Gasteiger partial charge is 0.497 e. The molecule has 0 aromatic heterocycles. The number of nitrogens with zero attached hydrogens (tertiary/aromatic N) is 1. The topological polar surface area (TPSA) is 38.7 Å². The van der Waals surface area contributed by atoms with Crippen LogP contribution >= 0.6 is 0 Å². The van der Waals surface area contributed by atoms with E-state index in [-0.39, 0.29) is 5.91 Å². The van der Waals surface area contributed by atoms with E-state index in [4.69, 9.17) is 4.74 Å². The van der Waals surface area contributed by atoms with Gasteiger partial charge in [-0.25, -0.2) is 4.99 Å². The molecule has 0 aliphatic rings. The van der Waals surface area contributed by atoms with Crippen LogP contribution < -0.4 is 4.74 Å². The van der Waals surface area contributed by atoms with Crippen molar-refractivity contribution >= 4 is 12.1 Å². The lowest BCUT2D eigenvalue weighted by Gasteiger charge is -2.00. The average Bonchev–Trinajstić information content (AvgIpc) is 2.46. The zero-order valence-corrected chi connectivity index (χ0v) is 10.0. The Labute approximate surface area is 106 Å². The Morgan fingerprint density at radius 2 is 1.89 bits per heavy atom. The van der Waals surface area contributed by atoms with Gasteiger partial charge in [0, 0.05) is 11.8 Å². The van der Waals surface area contributed by atoms with Crippen LogP contribution in [-0.2, 0) is 0 Å². The van der Waals surface area contributed by atoms with E-state index in [1.54, 1.807) is 37.6 Å². The predicted octanol–water partition coefficient (Wildman–Crippen LogP) is 2.95. The van der Waals surface area contributed by atoms with E-state index in [1.807, 2.05) is 30.3 Å². The third-order valence-electron chi connectivity index (χ3n) is 2.45. The minimum atomic E-state index is -0.280. The molecule has 1 amide bonds. The van der Waals surface area contributed by atoms with E-state index >= 15 is 0 Å². The molecule has 90 valence electrons. The van der Waals surface area contributed by atoms with Crippen molar-refractivity contribution in [2.75, 3.05) is 7.11 Å². The van der Waals surface area contributed by atoms with Crippen LogP contribution in [0.25, 0.3) is 0 Å². The van der Waals surface area contributed by atoms with Crippen LogP contribution in [-0.4, -0.2) is 19.2 Å². The monoisotopic (exact) mass is 239 g/mol. The number of aliphatic imine (C=N–C) groups is 1. The maximum absolute atomic E-state index is 11.8. The molecule has 0 heterocycles. The van der Waals surface area contributed by atoms with Crippen molar-refractivity contribution in [1.82, 2.24) is 0 Å². The second-order valence-electron chi connectivity index (χ2n) is 3.71. The van der Waals surface area contributed by atoms with Crippen molar-refractivity contribution in [2.24, 2.45) is 4.99 Å². The van der Waals surface area contributed by atoms with Crippen LogP contribution in [0, 0.1) is 0 Å². The lowest BCUT2D eigenvalue weighted by atomic mass is 10.2. The number of amides is 1. The molecule has 3 nitrogen and oxygen atoms in total. The van der Waals surface area contributed by atoms with Crippen LogP contribution in [0.3, 0.4) is 0 Å². The summed E-state index contributed by atoms with van der Waals surface area (Å²) in [6.45, 7) is 0. The number of hydrogen-bond acceptors (Lipinski definition) is 2. The second-order valence-corrected chi connectivity index (χ2v) is 3.71. The Bertz CT molecular complexity index is 562. The molecule has 3 heteroatoms. The Morgan fingerprint density at radius 3 is 2.61 bits per heavy atom. The summed E-state index contributed by atoms with van der Waals surface area (Å²) in [7, 11) is 1.57. The molecule has 0 bridgehead atoms. The zero-order valence-electron chi connectivity index (χ0n) is 10.0. The van der Waals surface area contributed by atoms with Crippen LogP contribution in [0.15, 0.2) is 59.6 Å². The lowest BCUT2D eigenvalue weighted by Crippen LogP contribution is -1.96. The van der Waals surface area contributed by atoms with Gasteiger partial charge in [0.2, 0.25) is 0 Å². The molecule has 2 aromatic carbocycles. The first-order chi connectivity index (χ1) is 8.79. The average molecular weight is 239 g/mol. The molecule has 0 saturated heterocycles. The van der Waals surface area contributed by atoms with E-state index in [0.717, 1.165) is 5.56 Å². The molecular formula is C15H13NO2. The number of carbonyl (C=O) groups excluding carboxylic acids is 1. The van der Waals surface area contributed by atoms with Crippen LogP contribution in [0.1, 0.15) is 15.9 Å². The standard InChI is InChI=1S/C15H13NO2/c1-18-14-9-5-8-13(10-14)15(17)16-11-12-6-3-2-4-7-12/h2-11H,1H3. The molecule has 0 spiro atoms. The number of benzene rings is 2. The molecule has 0 saturated carbocycles. The summed E-state index contributed by atoms with van der Waals surface area (Å²) in [5, 5.41) is 0. The molecule has 0 aliphatic heterocycles. The van der Waals surface area contributed by atoms with E-state index in [0.29, 0.717) is 11.3 Å². The fraction of sp³-hybridized carbons (Fsp3) is 0.0667. The first-order valence-electron chi connectivity index (χ1n) is 5.57.